The van der Waals surface area contributed by atoms with Crippen molar-refractivity contribution in [3.05, 3.63) is 35.9 Å². The van der Waals surface area contributed by atoms with Gasteiger partial charge in [0.25, 0.3) is 0 Å². The van der Waals surface area contributed by atoms with Gasteiger partial charge in [0.2, 0.25) is 6.29 Å². The van der Waals surface area contributed by atoms with Crippen LogP contribution < -0.4 is 5.32 Å². The van der Waals surface area contributed by atoms with E-state index in [1.54, 1.807) is 36.6 Å². The first-order chi connectivity index (χ1) is 7.27. The van der Waals surface area contributed by atoms with Crippen molar-refractivity contribution < 1.29 is 14.3 Å². The van der Waals surface area contributed by atoms with E-state index in [-0.39, 0.29) is 0 Å². The molecule has 1 rings (SSSR count). The molecule has 77 valence electrons. The Bertz CT molecular complexity index is 385. The first kappa shape index (κ1) is 11.0. The lowest BCUT2D eigenvalue weighted by Gasteiger charge is -2.06. The molecule has 0 aliphatic carbocycles. The van der Waals surface area contributed by atoms with Crippen LogP contribution in [0.25, 0.3) is 6.08 Å². The van der Waals surface area contributed by atoms with E-state index in [1.165, 1.54) is 13.2 Å². The van der Waals surface area contributed by atoms with E-state index < -0.39 is 6.09 Å². The molecular weight excluding hydrogens is 194 g/mol. The van der Waals surface area contributed by atoms with Crippen molar-refractivity contribution in [2.24, 2.45) is 0 Å². The predicted molar refractivity (Wildman–Crippen MR) is 57.2 cm³/mol. The van der Waals surface area contributed by atoms with Crippen molar-refractivity contribution in [3.8, 4) is 0 Å². The Hall–Kier alpha value is -2.10. The molecule has 0 atom stereocenters. The predicted octanol–water partition coefficient (Wildman–Crippen LogP) is 1.99. The second kappa shape index (κ2) is 5.59. The van der Waals surface area contributed by atoms with E-state index in [0.29, 0.717) is 11.3 Å². The fraction of sp³-hybridized carbons (Fsp3) is 0.0909. The highest BCUT2D eigenvalue weighted by Crippen LogP contribution is 2.16. The first-order valence-corrected chi connectivity index (χ1v) is 4.26. The summed E-state index contributed by atoms with van der Waals surface area (Å²) in [5, 5.41) is 2.53. The summed E-state index contributed by atoms with van der Waals surface area (Å²) < 4.78 is 4.46. The number of anilines is 1. The number of methoxy groups -OCH3 is 1. The Balaban J connectivity index is 2.90. The third kappa shape index (κ3) is 3.27. The summed E-state index contributed by atoms with van der Waals surface area (Å²) in [5.41, 5.74) is 1.29. The number of para-hydroxylation sites is 1. The molecule has 4 heteroatoms. The van der Waals surface area contributed by atoms with Crippen molar-refractivity contribution in [2.75, 3.05) is 12.4 Å². The van der Waals surface area contributed by atoms with Gasteiger partial charge in [0.15, 0.2) is 0 Å². The van der Waals surface area contributed by atoms with Gasteiger partial charge in [0.1, 0.15) is 0 Å². The summed E-state index contributed by atoms with van der Waals surface area (Å²) >= 11 is 0. The lowest BCUT2D eigenvalue weighted by Crippen LogP contribution is -2.11. The van der Waals surface area contributed by atoms with Crippen molar-refractivity contribution >= 4 is 24.1 Å². The smallest absolute Gasteiger partial charge is 0.411 e. The Morgan fingerprint density at radius 3 is 2.87 bits per heavy atom. The van der Waals surface area contributed by atoms with Crippen LogP contribution in [0.4, 0.5) is 10.5 Å². The molecule has 4 nitrogen and oxygen atoms in total. The summed E-state index contributed by atoms with van der Waals surface area (Å²) in [5.74, 6) is 0. The zero-order valence-electron chi connectivity index (χ0n) is 8.19. The molecule has 0 aliphatic rings. The van der Waals surface area contributed by atoms with Gasteiger partial charge in [-0.25, -0.2) is 4.79 Å². The standard InChI is InChI=1S/C11H10NO3/c1-15-11(14)12-10-7-3-2-5-9(10)6-4-8-13/h2-7H,1H3,(H,12,14)/b6-4+. The quantitative estimate of drug-likeness (QED) is 0.766. The molecule has 1 aromatic rings. The molecular formula is C11H10NO3. The topological polar surface area (TPSA) is 55.4 Å². The number of carbonyl (C=O) groups excluding carboxylic acids is 2. The number of amides is 1. The van der Waals surface area contributed by atoms with Crippen LogP contribution in [0.3, 0.4) is 0 Å². The third-order valence-electron chi connectivity index (χ3n) is 1.71. The third-order valence-corrected chi connectivity index (χ3v) is 1.71. The highest BCUT2D eigenvalue weighted by Gasteiger charge is 2.02. The Labute approximate surface area is 87.6 Å². The number of benzene rings is 1. The van der Waals surface area contributed by atoms with Crippen molar-refractivity contribution in [3.63, 3.8) is 0 Å². The van der Waals surface area contributed by atoms with Gasteiger partial charge in [-0.15, -0.1) is 0 Å². The molecule has 0 spiro atoms. The molecule has 1 radical (unpaired) electrons. The first-order valence-electron chi connectivity index (χ1n) is 4.26. The maximum absolute atomic E-state index is 11.0. The minimum Gasteiger partial charge on any atom is -0.453 e. The minimum atomic E-state index is -0.550. The lowest BCUT2D eigenvalue weighted by molar-refractivity contribution is 0.187. The van der Waals surface area contributed by atoms with Crippen LogP contribution in [0.15, 0.2) is 30.3 Å². The molecule has 0 heterocycles. The van der Waals surface area contributed by atoms with Crippen LogP contribution >= 0.6 is 0 Å². The van der Waals surface area contributed by atoms with Gasteiger partial charge in [0.05, 0.1) is 12.8 Å². The maximum atomic E-state index is 11.0. The summed E-state index contributed by atoms with van der Waals surface area (Å²) in [6, 6.07) is 7.04. The van der Waals surface area contributed by atoms with E-state index in [9.17, 15) is 9.59 Å². The Kier molecular flexibility index (Phi) is 4.09. The summed E-state index contributed by atoms with van der Waals surface area (Å²) in [6.45, 7) is 0. The van der Waals surface area contributed by atoms with Gasteiger partial charge in [-0.2, -0.15) is 0 Å². The second-order valence-electron chi connectivity index (χ2n) is 2.66. The van der Waals surface area contributed by atoms with Crippen LogP contribution in [-0.4, -0.2) is 19.5 Å². The average molecular weight is 204 g/mol. The Morgan fingerprint density at radius 1 is 1.47 bits per heavy atom. The van der Waals surface area contributed by atoms with Crippen LogP contribution in [0.5, 0.6) is 0 Å². The second-order valence-corrected chi connectivity index (χ2v) is 2.66. The lowest BCUT2D eigenvalue weighted by atomic mass is 10.1. The van der Waals surface area contributed by atoms with Crippen LogP contribution in [0.1, 0.15) is 5.56 Å². The van der Waals surface area contributed by atoms with Crippen LogP contribution in [-0.2, 0) is 9.53 Å². The summed E-state index contributed by atoms with van der Waals surface area (Å²) in [6.07, 6.45) is 3.87. The number of nitrogens with one attached hydrogen (secondary N) is 1. The molecule has 15 heavy (non-hydrogen) atoms. The normalized spacial score (nSPS) is 9.93. The van der Waals surface area contributed by atoms with E-state index in [0.717, 1.165) is 0 Å². The molecule has 1 N–H and O–H groups in total. The molecule has 0 aromatic heterocycles. The molecule has 0 fully saturated rings. The van der Waals surface area contributed by atoms with E-state index in [4.69, 9.17) is 0 Å². The molecule has 0 saturated carbocycles. The number of carbonyl (C=O) groups is 1. The van der Waals surface area contributed by atoms with Gasteiger partial charge in [-0.1, -0.05) is 18.2 Å². The zero-order chi connectivity index (χ0) is 11.1. The molecule has 0 unspecified atom stereocenters. The molecule has 1 amide bonds. The molecule has 1 aromatic carbocycles. The SMILES string of the molecule is COC(=O)Nc1ccccc1/C=C/[C]=O. The van der Waals surface area contributed by atoms with E-state index in [1.807, 2.05) is 0 Å². The van der Waals surface area contributed by atoms with Crippen molar-refractivity contribution in [2.45, 2.75) is 0 Å². The van der Waals surface area contributed by atoms with E-state index >= 15 is 0 Å². The summed E-state index contributed by atoms with van der Waals surface area (Å²) in [7, 11) is 1.28. The fourth-order valence-corrected chi connectivity index (χ4v) is 1.04. The van der Waals surface area contributed by atoms with Crippen LogP contribution in [0.2, 0.25) is 0 Å². The Morgan fingerprint density at radius 2 is 2.20 bits per heavy atom. The van der Waals surface area contributed by atoms with Crippen molar-refractivity contribution in [1.29, 1.82) is 0 Å². The molecule has 0 bridgehead atoms. The number of hydrogen-bond donors (Lipinski definition) is 1. The van der Waals surface area contributed by atoms with Gasteiger partial charge in [-0.3, -0.25) is 10.1 Å². The van der Waals surface area contributed by atoms with Gasteiger partial charge in [0, 0.05) is 0 Å². The number of rotatable bonds is 3. The van der Waals surface area contributed by atoms with Crippen LogP contribution in [0, 0.1) is 0 Å². The maximum Gasteiger partial charge on any atom is 0.411 e. The van der Waals surface area contributed by atoms with Crippen molar-refractivity contribution in [1.82, 2.24) is 0 Å². The monoisotopic (exact) mass is 204 g/mol. The van der Waals surface area contributed by atoms with Gasteiger partial charge < -0.3 is 4.74 Å². The summed E-state index contributed by atoms with van der Waals surface area (Å²) in [4.78, 5) is 21.0. The molecule has 0 saturated heterocycles. The number of ether oxygens (including phenoxy) is 1. The highest BCUT2D eigenvalue weighted by molar-refractivity contribution is 5.88. The number of hydrogen-bond acceptors (Lipinski definition) is 3. The van der Waals surface area contributed by atoms with Gasteiger partial charge >= 0.3 is 6.09 Å². The zero-order valence-corrected chi connectivity index (χ0v) is 8.19. The number of allylic oxidation sites excluding steroid dienone is 1. The molecule has 0 aliphatic heterocycles. The minimum absolute atomic E-state index is 0.550. The average Bonchev–Trinajstić information content (AvgIpc) is 2.28. The largest absolute Gasteiger partial charge is 0.453 e. The highest BCUT2D eigenvalue weighted by atomic mass is 16.5. The van der Waals surface area contributed by atoms with E-state index in [2.05, 4.69) is 10.1 Å². The van der Waals surface area contributed by atoms with Gasteiger partial charge in [-0.05, 0) is 23.8 Å². The fourth-order valence-electron chi connectivity index (χ4n) is 1.04.